The van der Waals surface area contributed by atoms with Crippen LogP contribution in [0.15, 0.2) is 82.8 Å². The predicted molar refractivity (Wildman–Crippen MR) is 105 cm³/mol. The molecule has 4 nitrogen and oxygen atoms in total. The molecular formula is C21H17ClN2O2S. The number of nitrogens with zero attached hydrogens (tertiary/aromatic N) is 2. The maximum absolute atomic E-state index is 12.9. The number of fused-ring (bicyclic) bond motifs is 1. The summed E-state index contributed by atoms with van der Waals surface area (Å²) in [4.78, 5) is 0.292. The molecule has 0 unspecified atom stereocenters. The van der Waals surface area contributed by atoms with Crippen molar-refractivity contribution in [2.45, 2.75) is 10.8 Å². The first kappa shape index (κ1) is 18.0. The molecule has 2 aromatic rings. The molecule has 4 rings (SSSR count). The van der Waals surface area contributed by atoms with Gasteiger partial charge in [-0.3, -0.25) is 0 Å². The van der Waals surface area contributed by atoms with Gasteiger partial charge in [-0.05, 0) is 35.4 Å². The largest absolute Gasteiger partial charge is 0.243 e. The van der Waals surface area contributed by atoms with Gasteiger partial charge in [0.1, 0.15) is 0 Å². The third kappa shape index (κ3) is 3.32. The van der Waals surface area contributed by atoms with E-state index in [0.29, 0.717) is 28.6 Å². The molecule has 2 aromatic carbocycles. The molecule has 136 valence electrons. The molecule has 0 aromatic heterocycles. The Hall–Kier alpha value is -2.39. The minimum atomic E-state index is -3.55. The summed E-state index contributed by atoms with van der Waals surface area (Å²) in [5.41, 5.74) is 2.59. The molecule has 0 bridgehead atoms. The second kappa shape index (κ2) is 6.97. The standard InChI is InChI=1S/C21H17ClN2O2S/c22-19-6-4-5-15(10-19)21-11-18-14-24(13-17(18)9-16(21)12-23)27(25,26)20-7-2-1-3-8-20/h1-11,17,21H,13-14H2/t17-,21+/m1/s1. The van der Waals surface area contributed by atoms with Crippen LogP contribution in [0.4, 0.5) is 0 Å². The van der Waals surface area contributed by atoms with E-state index < -0.39 is 10.0 Å². The normalized spacial score (nSPS) is 22.5. The third-order valence-electron chi connectivity index (χ3n) is 5.05. The lowest BCUT2D eigenvalue weighted by Gasteiger charge is -2.21. The van der Waals surface area contributed by atoms with E-state index in [4.69, 9.17) is 11.6 Å². The van der Waals surface area contributed by atoms with Gasteiger partial charge in [-0.25, -0.2) is 8.42 Å². The molecule has 0 radical (unpaired) electrons. The van der Waals surface area contributed by atoms with E-state index >= 15 is 0 Å². The summed E-state index contributed by atoms with van der Waals surface area (Å²) in [5, 5.41) is 10.2. The van der Waals surface area contributed by atoms with Gasteiger partial charge in [-0.15, -0.1) is 0 Å². The summed E-state index contributed by atoms with van der Waals surface area (Å²) in [6.07, 6.45) is 3.93. The topological polar surface area (TPSA) is 61.2 Å². The van der Waals surface area contributed by atoms with Crippen LogP contribution >= 0.6 is 11.6 Å². The highest BCUT2D eigenvalue weighted by Crippen LogP contribution is 2.39. The lowest BCUT2D eigenvalue weighted by molar-refractivity contribution is 0.471. The first-order valence-corrected chi connectivity index (χ1v) is 10.4. The summed E-state index contributed by atoms with van der Waals surface area (Å²) in [5.74, 6) is -0.257. The fourth-order valence-corrected chi connectivity index (χ4v) is 5.36. The number of rotatable bonds is 3. The van der Waals surface area contributed by atoms with E-state index in [1.54, 1.807) is 36.4 Å². The van der Waals surface area contributed by atoms with Crippen molar-refractivity contribution < 1.29 is 8.42 Å². The summed E-state index contributed by atoms with van der Waals surface area (Å²) < 4.78 is 27.3. The van der Waals surface area contributed by atoms with Gasteiger partial charge >= 0.3 is 0 Å². The van der Waals surface area contributed by atoms with E-state index in [1.165, 1.54) is 4.31 Å². The van der Waals surface area contributed by atoms with E-state index in [1.807, 2.05) is 30.4 Å². The van der Waals surface area contributed by atoms with Gasteiger partial charge in [-0.1, -0.05) is 54.1 Å². The van der Waals surface area contributed by atoms with Crippen LogP contribution in [0.1, 0.15) is 11.5 Å². The van der Waals surface area contributed by atoms with Crippen LogP contribution in [-0.2, 0) is 10.0 Å². The Morgan fingerprint density at radius 2 is 1.85 bits per heavy atom. The number of nitriles is 1. The maximum Gasteiger partial charge on any atom is 0.243 e. The average Bonchev–Trinajstić information content (AvgIpc) is 3.11. The molecule has 2 aliphatic rings. The molecule has 1 aliphatic heterocycles. The van der Waals surface area contributed by atoms with Crippen molar-refractivity contribution in [1.29, 1.82) is 5.26 Å². The highest BCUT2D eigenvalue weighted by molar-refractivity contribution is 7.89. The molecule has 27 heavy (non-hydrogen) atoms. The minimum Gasteiger partial charge on any atom is -0.207 e. The number of benzene rings is 2. The number of sulfonamides is 1. The van der Waals surface area contributed by atoms with E-state index in [-0.39, 0.29) is 11.8 Å². The van der Waals surface area contributed by atoms with Crippen molar-refractivity contribution in [1.82, 2.24) is 4.31 Å². The van der Waals surface area contributed by atoms with Crippen LogP contribution < -0.4 is 0 Å². The average molecular weight is 397 g/mol. The zero-order valence-corrected chi connectivity index (χ0v) is 16.0. The van der Waals surface area contributed by atoms with Crippen LogP contribution in [0.3, 0.4) is 0 Å². The zero-order valence-electron chi connectivity index (χ0n) is 14.4. The highest BCUT2D eigenvalue weighted by atomic mass is 35.5. The van der Waals surface area contributed by atoms with Gasteiger partial charge in [0.05, 0.1) is 11.0 Å². The van der Waals surface area contributed by atoms with Crippen LogP contribution in [0.2, 0.25) is 5.02 Å². The molecule has 1 fully saturated rings. The fourth-order valence-electron chi connectivity index (χ4n) is 3.69. The highest BCUT2D eigenvalue weighted by Gasteiger charge is 2.37. The number of hydrogen-bond acceptors (Lipinski definition) is 3. The third-order valence-corrected chi connectivity index (χ3v) is 7.11. The first-order valence-electron chi connectivity index (χ1n) is 8.62. The second-order valence-electron chi connectivity index (χ2n) is 6.73. The van der Waals surface area contributed by atoms with Crippen LogP contribution in [0.25, 0.3) is 0 Å². The van der Waals surface area contributed by atoms with Gasteiger partial charge in [0.15, 0.2) is 0 Å². The Kier molecular flexibility index (Phi) is 4.65. The van der Waals surface area contributed by atoms with Crippen molar-refractivity contribution in [2.75, 3.05) is 13.1 Å². The van der Waals surface area contributed by atoms with Crippen LogP contribution in [-0.4, -0.2) is 25.8 Å². The first-order chi connectivity index (χ1) is 13.0. The molecule has 0 N–H and O–H groups in total. The summed E-state index contributed by atoms with van der Waals surface area (Å²) in [6, 6.07) is 18.2. The fraction of sp³-hybridized carbons (Fsp3) is 0.190. The summed E-state index contributed by atoms with van der Waals surface area (Å²) in [7, 11) is -3.55. The van der Waals surface area contributed by atoms with Gasteiger partial charge in [0.2, 0.25) is 10.0 Å². The zero-order chi connectivity index (χ0) is 19.0. The SMILES string of the molecule is N#CC1=C[C@@H]2CN(S(=O)(=O)c3ccccc3)CC2=C[C@H]1c1cccc(Cl)c1. The quantitative estimate of drug-likeness (QED) is 0.732. The summed E-state index contributed by atoms with van der Waals surface area (Å²) in [6.45, 7) is 0.699. The van der Waals surface area contributed by atoms with Crippen LogP contribution in [0, 0.1) is 17.2 Å². The molecular weight excluding hydrogens is 380 g/mol. The van der Waals surface area contributed by atoms with Crippen molar-refractivity contribution in [2.24, 2.45) is 5.92 Å². The Bertz CT molecular complexity index is 1080. The lowest BCUT2D eigenvalue weighted by Crippen LogP contribution is -2.28. The smallest absolute Gasteiger partial charge is 0.207 e. The Labute approximate surface area is 164 Å². The lowest BCUT2D eigenvalue weighted by atomic mass is 9.81. The molecule has 0 saturated carbocycles. The predicted octanol–water partition coefficient (Wildman–Crippen LogP) is 4.13. The minimum absolute atomic E-state index is 0.0615. The number of hydrogen-bond donors (Lipinski definition) is 0. The van der Waals surface area contributed by atoms with Gasteiger partial charge in [0.25, 0.3) is 0 Å². The van der Waals surface area contributed by atoms with Crippen molar-refractivity contribution in [3.8, 4) is 6.07 Å². The van der Waals surface area contributed by atoms with Crippen LogP contribution in [0.5, 0.6) is 0 Å². The monoisotopic (exact) mass is 396 g/mol. The van der Waals surface area contributed by atoms with Crippen molar-refractivity contribution in [3.05, 3.63) is 88.5 Å². The molecule has 2 atom stereocenters. The molecule has 6 heteroatoms. The van der Waals surface area contributed by atoms with Gasteiger partial charge in [-0.2, -0.15) is 9.57 Å². The Morgan fingerprint density at radius 3 is 2.56 bits per heavy atom. The maximum atomic E-state index is 12.9. The molecule has 0 amide bonds. The number of halogens is 1. The Morgan fingerprint density at radius 1 is 1.07 bits per heavy atom. The van der Waals surface area contributed by atoms with Crippen molar-refractivity contribution in [3.63, 3.8) is 0 Å². The molecule has 0 spiro atoms. The van der Waals surface area contributed by atoms with Gasteiger partial charge in [0, 0.05) is 35.5 Å². The molecule has 1 aliphatic carbocycles. The molecule has 1 heterocycles. The van der Waals surface area contributed by atoms with E-state index in [0.717, 1.165) is 11.1 Å². The Balaban J connectivity index is 1.67. The van der Waals surface area contributed by atoms with Crippen molar-refractivity contribution >= 4 is 21.6 Å². The molecule has 1 saturated heterocycles. The van der Waals surface area contributed by atoms with E-state index in [9.17, 15) is 13.7 Å². The number of allylic oxidation sites excluding steroid dienone is 2. The van der Waals surface area contributed by atoms with Gasteiger partial charge < -0.3 is 0 Å². The second-order valence-corrected chi connectivity index (χ2v) is 9.10. The summed E-state index contributed by atoms with van der Waals surface area (Å²) >= 11 is 6.11. The van der Waals surface area contributed by atoms with E-state index in [2.05, 4.69) is 6.07 Å².